The smallest absolute Gasteiger partial charge is 0.279 e. The first-order chi connectivity index (χ1) is 9.54. The highest BCUT2D eigenvalue weighted by Gasteiger charge is 2.16. The fourth-order valence-electron chi connectivity index (χ4n) is 1.79. The van der Waals surface area contributed by atoms with Gasteiger partial charge in [0, 0.05) is 12.7 Å². The number of nitrogens with zero attached hydrogens (tertiary/aromatic N) is 3. The summed E-state index contributed by atoms with van der Waals surface area (Å²) in [7, 11) is 0. The molecule has 2 rings (SSSR count). The summed E-state index contributed by atoms with van der Waals surface area (Å²) in [5, 5.41) is 0.342. The lowest BCUT2D eigenvalue weighted by Gasteiger charge is -2.15. The molecule has 0 aromatic carbocycles. The third kappa shape index (κ3) is 3.20. The van der Waals surface area contributed by atoms with E-state index in [1.807, 2.05) is 6.07 Å². The van der Waals surface area contributed by atoms with Crippen LogP contribution in [0.3, 0.4) is 0 Å². The molecule has 0 aliphatic rings. The summed E-state index contributed by atoms with van der Waals surface area (Å²) in [6.45, 7) is 4.85. The van der Waals surface area contributed by atoms with Gasteiger partial charge in [-0.05, 0) is 40.6 Å². The minimum atomic E-state index is -0.141. The van der Waals surface area contributed by atoms with Gasteiger partial charge < -0.3 is 0 Å². The minimum Gasteiger partial charge on any atom is -0.299 e. The van der Waals surface area contributed by atoms with E-state index >= 15 is 0 Å². The van der Waals surface area contributed by atoms with Gasteiger partial charge in [-0.15, -0.1) is 0 Å². The molecule has 2 heterocycles. The summed E-state index contributed by atoms with van der Waals surface area (Å²) in [5.74, 6) is 0.399. The van der Waals surface area contributed by atoms with E-state index in [1.165, 1.54) is 0 Å². The van der Waals surface area contributed by atoms with Crippen molar-refractivity contribution in [1.82, 2.24) is 14.5 Å². The third-order valence-corrected chi connectivity index (χ3v) is 4.84. The molecule has 4 nitrogen and oxygen atoms in total. The van der Waals surface area contributed by atoms with E-state index in [1.54, 1.807) is 22.9 Å². The van der Waals surface area contributed by atoms with Gasteiger partial charge in [0.2, 0.25) is 0 Å². The summed E-state index contributed by atoms with van der Waals surface area (Å²) in [6.07, 6.45) is 2.64. The molecule has 0 fully saturated rings. The van der Waals surface area contributed by atoms with Crippen molar-refractivity contribution in [3.63, 3.8) is 0 Å². The lowest BCUT2D eigenvalue weighted by atomic mass is 10.1. The highest BCUT2D eigenvalue weighted by Crippen LogP contribution is 2.19. The zero-order valence-electron chi connectivity index (χ0n) is 11.3. The molecule has 2 aromatic heterocycles. The number of halogens is 2. The van der Waals surface area contributed by atoms with Gasteiger partial charge in [-0.3, -0.25) is 14.3 Å². The van der Waals surface area contributed by atoms with Crippen molar-refractivity contribution in [1.29, 1.82) is 0 Å². The van der Waals surface area contributed by atoms with Gasteiger partial charge in [-0.1, -0.05) is 37.9 Å². The van der Waals surface area contributed by atoms with Crippen molar-refractivity contribution in [3.05, 3.63) is 43.6 Å². The summed E-state index contributed by atoms with van der Waals surface area (Å²) in [4.78, 5) is 21.0. The number of aromatic nitrogens is 3. The first-order valence-corrected chi connectivity index (χ1v) is 7.87. The van der Waals surface area contributed by atoms with Crippen molar-refractivity contribution in [2.24, 2.45) is 5.92 Å². The van der Waals surface area contributed by atoms with E-state index in [0.29, 0.717) is 32.7 Å². The third-order valence-electron chi connectivity index (χ3n) is 3.16. The Hall–Kier alpha value is -0.950. The molecule has 0 N–H and O–H groups in total. The summed E-state index contributed by atoms with van der Waals surface area (Å²) >= 11 is 8.23. The molecule has 0 aliphatic carbocycles. The SMILES string of the molecule is CCC(C)Cn1c(I)c(Cl)nc(-c2ccccn2)c1=O. The molecule has 1 atom stereocenters. The van der Waals surface area contributed by atoms with E-state index in [-0.39, 0.29) is 5.56 Å². The maximum atomic E-state index is 12.6. The molecule has 0 aliphatic heterocycles. The van der Waals surface area contributed by atoms with Crippen molar-refractivity contribution < 1.29 is 0 Å². The second-order valence-electron chi connectivity index (χ2n) is 4.69. The zero-order valence-corrected chi connectivity index (χ0v) is 14.2. The second kappa shape index (κ2) is 6.67. The van der Waals surface area contributed by atoms with Gasteiger partial charge in [0.25, 0.3) is 5.56 Å². The Morgan fingerprint density at radius 1 is 1.45 bits per heavy atom. The lowest BCUT2D eigenvalue weighted by molar-refractivity contribution is 0.453. The molecule has 20 heavy (non-hydrogen) atoms. The molecule has 2 aromatic rings. The summed E-state index contributed by atoms with van der Waals surface area (Å²) < 4.78 is 2.36. The maximum Gasteiger partial charge on any atom is 0.279 e. The van der Waals surface area contributed by atoms with Crippen LogP contribution >= 0.6 is 34.2 Å². The van der Waals surface area contributed by atoms with Crippen LogP contribution in [0.4, 0.5) is 0 Å². The molecule has 0 saturated carbocycles. The maximum absolute atomic E-state index is 12.6. The van der Waals surface area contributed by atoms with Gasteiger partial charge in [0.1, 0.15) is 3.70 Å². The Morgan fingerprint density at radius 2 is 2.20 bits per heavy atom. The average molecular weight is 404 g/mol. The van der Waals surface area contributed by atoms with Gasteiger partial charge in [0.15, 0.2) is 10.8 Å². The van der Waals surface area contributed by atoms with Crippen LogP contribution in [0.5, 0.6) is 0 Å². The van der Waals surface area contributed by atoms with E-state index < -0.39 is 0 Å². The Bertz CT molecular complexity index is 657. The normalized spacial score (nSPS) is 12.4. The monoisotopic (exact) mass is 403 g/mol. The lowest BCUT2D eigenvalue weighted by Crippen LogP contribution is -2.28. The van der Waals surface area contributed by atoms with Crippen LogP contribution in [0.25, 0.3) is 11.4 Å². The first kappa shape index (κ1) is 15.4. The molecule has 1 unspecified atom stereocenters. The number of hydrogen-bond acceptors (Lipinski definition) is 3. The van der Waals surface area contributed by atoms with Crippen LogP contribution < -0.4 is 5.56 Å². The van der Waals surface area contributed by atoms with Crippen molar-refractivity contribution in [3.8, 4) is 11.4 Å². The molecule has 0 radical (unpaired) electrons. The predicted octanol–water partition coefficient (Wildman–Crippen LogP) is 3.61. The van der Waals surface area contributed by atoms with Crippen LogP contribution in [0, 0.1) is 9.62 Å². The van der Waals surface area contributed by atoms with Gasteiger partial charge in [0.05, 0.1) is 5.69 Å². The fourth-order valence-corrected chi connectivity index (χ4v) is 2.52. The van der Waals surface area contributed by atoms with Crippen LogP contribution in [0.1, 0.15) is 20.3 Å². The number of pyridine rings is 1. The van der Waals surface area contributed by atoms with E-state index in [2.05, 4.69) is 46.4 Å². The topological polar surface area (TPSA) is 47.8 Å². The highest BCUT2D eigenvalue weighted by molar-refractivity contribution is 14.1. The molecule has 106 valence electrons. The molecular formula is C14H15ClIN3O. The van der Waals surface area contributed by atoms with E-state index in [4.69, 9.17) is 11.6 Å². The van der Waals surface area contributed by atoms with Gasteiger partial charge in [-0.2, -0.15) is 0 Å². The number of rotatable bonds is 4. The van der Waals surface area contributed by atoms with Gasteiger partial charge in [-0.25, -0.2) is 4.98 Å². The van der Waals surface area contributed by atoms with Crippen LogP contribution in [-0.2, 0) is 6.54 Å². The molecule has 0 saturated heterocycles. The standard InChI is InChI=1S/C14H15ClIN3O/c1-3-9(2)8-19-13(16)12(15)18-11(14(19)20)10-6-4-5-7-17-10/h4-7,9H,3,8H2,1-2H3. The molecule has 0 spiro atoms. The quantitative estimate of drug-likeness (QED) is 0.733. The molecule has 0 bridgehead atoms. The summed E-state index contributed by atoms with van der Waals surface area (Å²) in [6, 6.07) is 5.39. The highest BCUT2D eigenvalue weighted by atomic mass is 127. The summed E-state index contributed by atoms with van der Waals surface area (Å²) in [5.41, 5.74) is 0.714. The van der Waals surface area contributed by atoms with Crippen LogP contribution in [-0.4, -0.2) is 14.5 Å². The van der Waals surface area contributed by atoms with Gasteiger partial charge >= 0.3 is 0 Å². The first-order valence-electron chi connectivity index (χ1n) is 6.41. The Kier molecular flexibility index (Phi) is 5.15. The second-order valence-corrected chi connectivity index (χ2v) is 6.07. The van der Waals surface area contributed by atoms with E-state index in [9.17, 15) is 4.79 Å². The number of hydrogen-bond donors (Lipinski definition) is 0. The Labute approximate surface area is 136 Å². The minimum absolute atomic E-state index is 0.141. The molecular weight excluding hydrogens is 389 g/mol. The predicted molar refractivity (Wildman–Crippen MR) is 88.9 cm³/mol. The molecule has 6 heteroatoms. The van der Waals surface area contributed by atoms with Crippen molar-refractivity contribution in [2.75, 3.05) is 0 Å². The Balaban J connectivity index is 2.59. The average Bonchev–Trinajstić information content (AvgIpc) is 2.48. The van der Waals surface area contributed by atoms with Crippen molar-refractivity contribution >= 4 is 34.2 Å². The Morgan fingerprint density at radius 3 is 2.80 bits per heavy atom. The van der Waals surface area contributed by atoms with Crippen LogP contribution in [0.15, 0.2) is 29.2 Å². The zero-order chi connectivity index (χ0) is 14.7. The van der Waals surface area contributed by atoms with Crippen LogP contribution in [0.2, 0.25) is 5.15 Å². The van der Waals surface area contributed by atoms with E-state index in [0.717, 1.165) is 6.42 Å². The van der Waals surface area contributed by atoms with Crippen molar-refractivity contribution in [2.45, 2.75) is 26.8 Å². The molecule has 0 amide bonds. The fraction of sp³-hybridized carbons (Fsp3) is 0.357. The largest absolute Gasteiger partial charge is 0.299 e.